The third kappa shape index (κ3) is 3.63. The maximum atomic E-state index is 12.5. The molecule has 2 aliphatic rings. The number of rotatable bonds is 3. The van der Waals surface area contributed by atoms with Gasteiger partial charge in [-0.2, -0.15) is 0 Å². The molecule has 1 aromatic carbocycles. The summed E-state index contributed by atoms with van der Waals surface area (Å²) in [5, 5.41) is 5.86. The lowest BCUT2D eigenvalue weighted by atomic mass is 9.96. The second-order valence-corrected chi connectivity index (χ2v) is 6.63. The molecule has 2 aliphatic heterocycles. The minimum Gasteiger partial charge on any atom is -0.482 e. The number of ether oxygens (including phenoxy) is 1. The van der Waals surface area contributed by atoms with Crippen LogP contribution in [0.3, 0.4) is 0 Å². The summed E-state index contributed by atoms with van der Waals surface area (Å²) < 4.78 is 5.36. The summed E-state index contributed by atoms with van der Waals surface area (Å²) in [5.74, 6) is 1.12. The standard InChI is InChI=1S/C18H25N3O3/c1-3-13-5-4-8-21(10-13)18(23)19-12(2)14-6-7-16-15(9-14)20-17(22)11-24-16/h6-7,9,12-13H,3-5,8,10-11H2,1-2H3,(H,19,23)(H,20,22). The zero-order valence-corrected chi connectivity index (χ0v) is 14.3. The highest BCUT2D eigenvalue weighted by molar-refractivity contribution is 5.95. The van der Waals surface area contributed by atoms with Gasteiger partial charge in [0.05, 0.1) is 11.7 Å². The molecule has 3 amide bonds. The van der Waals surface area contributed by atoms with Crippen LogP contribution in [0.25, 0.3) is 0 Å². The first kappa shape index (κ1) is 16.6. The number of likely N-dealkylation sites (tertiary alicyclic amines) is 1. The van der Waals surface area contributed by atoms with E-state index in [1.807, 2.05) is 30.0 Å². The van der Waals surface area contributed by atoms with Crippen molar-refractivity contribution < 1.29 is 14.3 Å². The van der Waals surface area contributed by atoms with Crippen LogP contribution >= 0.6 is 0 Å². The molecular weight excluding hydrogens is 306 g/mol. The lowest BCUT2D eigenvalue weighted by Gasteiger charge is -2.33. The molecule has 0 aromatic heterocycles. The van der Waals surface area contributed by atoms with Gasteiger partial charge in [0.25, 0.3) is 5.91 Å². The second-order valence-electron chi connectivity index (χ2n) is 6.63. The molecule has 0 aliphatic carbocycles. The summed E-state index contributed by atoms with van der Waals surface area (Å²) in [6.45, 7) is 5.84. The van der Waals surface area contributed by atoms with Crippen molar-refractivity contribution in [1.29, 1.82) is 0 Å². The molecule has 2 atom stereocenters. The molecular formula is C18H25N3O3. The van der Waals surface area contributed by atoms with Crippen LogP contribution in [0, 0.1) is 5.92 Å². The van der Waals surface area contributed by atoms with Crippen LogP contribution in [0.15, 0.2) is 18.2 Å². The van der Waals surface area contributed by atoms with Gasteiger partial charge in [-0.05, 0) is 43.4 Å². The second kappa shape index (κ2) is 7.11. The molecule has 2 N–H and O–H groups in total. The number of nitrogens with one attached hydrogen (secondary N) is 2. The predicted molar refractivity (Wildman–Crippen MR) is 92.1 cm³/mol. The first-order valence-electron chi connectivity index (χ1n) is 8.69. The number of fused-ring (bicyclic) bond motifs is 1. The van der Waals surface area contributed by atoms with Crippen LogP contribution in [0.1, 0.15) is 44.7 Å². The highest BCUT2D eigenvalue weighted by atomic mass is 16.5. The van der Waals surface area contributed by atoms with Gasteiger partial charge in [0, 0.05) is 13.1 Å². The van der Waals surface area contributed by atoms with Gasteiger partial charge in [0.2, 0.25) is 0 Å². The van der Waals surface area contributed by atoms with E-state index in [0.717, 1.165) is 31.5 Å². The Balaban J connectivity index is 1.64. The average molecular weight is 331 g/mol. The van der Waals surface area contributed by atoms with Crippen molar-refractivity contribution in [3.63, 3.8) is 0 Å². The first-order chi connectivity index (χ1) is 11.6. The van der Waals surface area contributed by atoms with E-state index in [1.165, 1.54) is 6.42 Å². The Kier molecular flexibility index (Phi) is 4.92. The number of carbonyl (C=O) groups excluding carboxylic acids is 2. The summed E-state index contributed by atoms with van der Waals surface area (Å²) in [4.78, 5) is 25.9. The normalized spacial score (nSPS) is 21.3. The monoisotopic (exact) mass is 331 g/mol. The smallest absolute Gasteiger partial charge is 0.317 e. The van der Waals surface area contributed by atoms with E-state index in [-0.39, 0.29) is 24.6 Å². The van der Waals surface area contributed by atoms with Gasteiger partial charge >= 0.3 is 6.03 Å². The summed E-state index contributed by atoms with van der Waals surface area (Å²) >= 11 is 0. The van der Waals surface area contributed by atoms with Gasteiger partial charge in [0.15, 0.2) is 6.61 Å². The zero-order valence-electron chi connectivity index (χ0n) is 14.3. The fraction of sp³-hybridized carbons (Fsp3) is 0.556. The third-order valence-electron chi connectivity index (χ3n) is 4.86. The number of nitrogens with zero attached hydrogens (tertiary/aromatic N) is 1. The minimum atomic E-state index is -0.157. The van der Waals surface area contributed by atoms with Crippen molar-refractivity contribution in [1.82, 2.24) is 10.2 Å². The van der Waals surface area contributed by atoms with Crippen molar-refractivity contribution in [2.75, 3.05) is 25.0 Å². The zero-order chi connectivity index (χ0) is 17.1. The summed E-state index contributed by atoms with van der Waals surface area (Å²) in [6, 6.07) is 5.47. The molecule has 1 fully saturated rings. The van der Waals surface area contributed by atoms with E-state index in [2.05, 4.69) is 17.6 Å². The largest absolute Gasteiger partial charge is 0.482 e. The lowest BCUT2D eigenvalue weighted by Crippen LogP contribution is -2.46. The van der Waals surface area contributed by atoms with Gasteiger partial charge < -0.3 is 20.3 Å². The Bertz CT molecular complexity index is 632. The molecule has 2 unspecified atom stereocenters. The van der Waals surface area contributed by atoms with Crippen molar-refractivity contribution in [2.45, 2.75) is 39.2 Å². The molecule has 6 heteroatoms. The third-order valence-corrected chi connectivity index (χ3v) is 4.86. The van der Waals surface area contributed by atoms with Crippen molar-refractivity contribution in [3.8, 4) is 5.75 Å². The molecule has 0 spiro atoms. The molecule has 6 nitrogen and oxygen atoms in total. The quantitative estimate of drug-likeness (QED) is 0.894. The Morgan fingerprint density at radius 1 is 1.50 bits per heavy atom. The summed E-state index contributed by atoms with van der Waals surface area (Å²) in [7, 11) is 0. The van der Waals surface area contributed by atoms with Gasteiger partial charge in [-0.1, -0.05) is 19.4 Å². The van der Waals surface area contributed by atoms with Crippen LogP contribution in [0.2, 0.25) is 0 Å². The predicted octanol–water partition coefficient (Wildman–Crippen LogP) is 2.91. The highest BCUT2D eigenvalue weighted by Crippen LogP contribution is 2.30. The Morgan fingerprint density at radius 3 is 3.12 bits per heavy atom. The van der Waals surface area contributed by atoms with Gasteiger partial charge in [-0.15, -0.1) is 0 Å². The molecule has 0 saturated carbocycles. The average Bonchev–Trinajstić information content (AvgIpc) is 2.61. The number of amides is 3. The van der Waals surface area contributed by atoms with Crippen LogP contribution in [-0.4, -0.2) is 36.5 Å². The number of piperidine rings is 1. The van der Waals surface area contributed by atoms with E-state index in [4.69, 9.17) is 4.74 Å². The van der Waals surface area contributed by atoms with Crippen LogP contribution in [0.5, 0.6) is 5.75 Å². The molecule has 3 rings (SSSR count). The maximum absolute atomic E-state index is 12.5. The Hall–Kier alpha value is -2.24. The maximum Gasteiger partial charge on any atom is 0.317 e. The van der Waals surface area contributed by atoms with E-state index >= 15 is 0 Å². The van der Waals surface area contributed by atoms with E-state index in [9.17, 15) is 9.59 Å². The number of anilines is 1. The molecule has 2 heterocycles. The lowest BCUT2D eigenvalue weighted by molar-refractivity contribution is -0.118. The van der Waals surface area contributed by atoms with Gasteiger partial charge in [-0.3, -0.25) is 4.79 Å². The molecule has 130 valence electrons. The number of benzene rings is 1. The van der Waals surface area contributed by atoms with E-state index < -0.39 is 0 Å². The van der Waals surface area contributed by atoms with Crippen molar-refractivity contribution >= 4 is 17.6 Å². The first-order valence-corrected chi connectivity index (χ1v) is 8.69. The number of urea groups is 1. The summed E-state index contributed by atoms with van der Waals surface area (Å²) in [5.41, 5.74) is 1.60. The fourth-order valence-corrected chi connectivity index (χ4v) is 3.31. The number of carbonyl (C=O) groups is 2. The Labute approximate surface area is 142 Å². The highest BCUT2D eigenvalue weighted by Gasteiger charge is 2.24. The SMILES string of the molecule is CCC1CCCN(C(=O)NC(C)c2ccc3c(c2)NC(=O)CO3)C1. The van der Waals surface area contributed by atoms with E-state index in [1.54, 1.807) is 0 Å². The minimum absolute atomic E-state index is 0.0151. The molecule has 0 bridgehead atoms. The van der Waals surface area contributed by atoms with Crippen LogP contribution in [0.4, 0.5) is 10.5 Å². The summed E-state index contributed by atoms with van der Waals surface area (Å²) in [6.07, 6.45) is 3.40. The molecule has 0 radical (unpaired) electrons. The van der Waals surface area contributed by atoms with Gasteiger partial charge in [-0.25, -0.2) is 4.79 Å². The topological polar surface area (TPSA) is 70.7 Å². The van der Waals surface area contributed by atoms with E-state index in [0.29, 0.717) is 17.4 Å². The fourth-order valence-electron chi connectivity index (χ4n) is 3.31. The number of hydrogen-bond donors (Lipinski definition) is 2. The van der Waals surface area contributed by atoms with Gasteiger partial charge in [0.1, 0.15) is 5.75 Å². The molecule has 1 aromatic rings. The van der Waals surface area contributed by atoms with Crippen molar-refractivity contribution in [2.24, 2.45) is 5.92 Å². The number of hydrogen-bond acceptors (Lipinski definition) is 3. The molecule has 1 saturated heterocycles. The van der Waals surface area contributed by atoms with Crippen molar-refractivity contribution in [3.05, 3.63) is 23.8 Å². The molecule has 24 heavy (non-hydrogen) atoms. The Morgan fingerprint density at radius 2 is 2.33 bits per heavy atom. The van der Waals surface area contributed by atoms with Crippen LogP contribution in [-0.2, 0) is 4.79 Å². The van der Waals surface area contributed by atoms with Crippen LogP contribution < -0.4 is 15.4 Å².